The predicted octanol–water partition coefficient (Wildman–Crippen LogP) is 4.23. The van der Waals surface area contributed by atoms with Crippen LogP contribution in [0.25, 0.3) is 23.0 Å². The fourth-order valence-corrected chi connectivity index (χ4v) is 3.45. The third-order valence-electron chi connectivity index (χ3n) is 4.79. The van der Waals surface area contributed by atoms with Crippen LogP contribution in [0.15, 0.2) is 53.1 Å². The number of aromatic nitrogens is 5. The van der Waals surface area contributed by atoms with Crippen LogP contribution in [0.1, 0.15) is 22.9 Å². The van der Waals surface area contributed by atoms with Gasteiger partial charge in [-0.25, -0.2) is 4.68 Å². The third-order valence-corrected chi connectivity index (χ3v) is 5.12. The number of hydrogen-bond acceptors (Lipinski definition) is 6. The fourth-order valence-electron chi connectivity index (χ4n) is 3.23. The van der Waals surface area contributed by atoms with Gasteiger partial charge in [-0.3, -0.25) is 0 Å². The van der Waals surface area contributed by atoms with Crippen LogP contribution in [-0.2, 0) is 17.9 Å². The first-order valence-corrected chi connectivity index (χ1v) is 9.26. The second-order valence-electron chi connectivity index (χ2n) is 6.68. The maximum absolute atomic E-state index is 6.21. The van der Waals surface area contributed by atoms with E-state index in [0.717, 1.165) is 11.3 Å². The Morgan fingerprint density at radius 1 is 1.11 bits per heavy atom. The molecule has 1 aliphatic rings. The summed E-state index contributed by atoms with van der Waals surface area (Å²) in [6, 6.07) is 15.6. The smallest absolute Gasteiger partial charge is 0.259 e. The molecule has 8 heteroatoms. The van der Waals surface area contributed by atoms with Crippen LogP contribution >= 0.6 is 11.6 Å². The van der Waals surface area contributed by atoms with E-state index >= 15 is 0 Å². The Labute approximate surface area is 165 Å². The second-order valence-corrected chi connectivity index (χ2v) is 7.09. The molecule has 0 fully saturated rings. The maximum Gasteiger partial charge on any atom is 0.259 e. The van der Waals surface area contributed by atoms with Crippen LogP contribution in [0.2, 0.25) is 5.02 Å². The molecule has 0 bridgehead atoms. The number of hydrogen-bond donors (Lipinski definition) is 0. The van der Waals surface area contributed by atoms with Gasteiger partial charge in [0.2, 0.25) is 5.82 Å². The van der Waals surface area contributed by atoms with Gasteiger partial charge in [0.25, 0.3) is 5.89 Å². The van der Waals surface area contributed by atoms with Crippen LogP contribution in [0.4, 0.5) is 0 Å². The molecule has 0 N–H and O–H groups in total. The summed E-state index contributed by atoms with van der Waals surface area (Å²) >= 11 is 6.21. The van der Waals surface area contributed by atoms with Gasteiger partial charge >= 0.3 is 0 Å². The highest BCUT2D eigenvalue weighted by molar-refractivity contribution is 6.33. The molecule has 4 aromatic rings. The lowest BCUT2D eigenvalue weighted by Crippen LogP contribution is -2.22. The van der Waals surface area contributed by atoms with Crippen molar-refractivity contribution in [2.75, 3.05) is 0 Å². The van der Waals surface area contributed by atoms with Gasteiger partial charge in [0.15, 0.2) is 5.69 Å². The molecular formula is C20H16ClN5O2. The van der Waals surface area contributed by atoms with Crippen molar-refractivity contribution in [1.29, 1.82) is 0 Å². The van der Waals surface area contributed by atoms with Gasteiger partial charge in [0.1, 0.15) is 6.10 Å². The topological polar surface area (TPSA) is 78.9 Å². The number of ether oxygens (including phenoxy) is 1. The van der Waals surface area contributed by atoms with E-state index in [-0.39, 0.29) is 6.10 Å². The zero-order chi connectivity index (χ0) is 19.1. The van der Waals surface area contributed by atoms with Crippen molar-refractivity contribution in [3.63, 3.8) is 0 Å². The molecule has 0 amide bonds. The van der Waals surface area contributed by atoms with Crippen molar-refractivity contribution in [1.82, 2.24) is 25.1 Å². The minimum Gasteiger partial charge on any atom is -0.365 e. The van der Waals surface area contributed by atoms with E-state index in [1.165, 1.54) is 5.56 Å². The molecule has 5 rings (SSSR count). The highest BCUT2D eigenvalue weighted by atomic mass is 35.5. The van der Waals surface area contributed by atoms with E-state index in [4.69, 9.17) is 20.9 Å². The molecule has 140 valence electrons. The summed E-state index contributed by atoms with van der Waals surface area (Å²) < 4.78 is 13.3. The van der Waals surface area contributed by atoms with Crippen molar-refractivity contribution in [3.8, 4) is 23.0 Å². The summed E-state index contributed by atoms with van der Waals surface area (Å²) in [5, 5.41) is 13.1. The number of rotatable bonds is 3. The van der Waals surface area contributed by atoms with Crippen molar-refractivity contribution in [2.45, 2.75) is 26.2 Å². The average Bonchev–Trinajstić information content (AvgIpc) is 3.35. The van der Waals surface area contributed by atoms with Crippen LogP contribution < -0.4 is 0 Å². The van der Waals surface area contributed by atoms with E-state index in [9.17, 15) is 0 Å². The molecule has 28 heavy (non-hydrogen) atoms. The first kappa shape index (κ1) is 17.1. The first-order valence-electron chi connectivity index (χ1n) is 8.88. The highest BCUT2D eigenvalue weighted by Gasteiger charge is 2.27. The monoisotopic (exact) mass is 393 g/mol. The molecule has 0 spiro atoms. The molecular weight excluding hydrogens is 378 g/mol. The van der Waals surface area contributed by atoms with Gasteiger partial charge in [0.05, 0.1) is 29.4 Å². The van der Waals surface area contributed by atoms with Gasteiger partial charge < -0.3 is 9.26 Å². The molecule has 0 aliphatic carbocycles. The number of fused-ring (bicyclic) bond motifs is 1. The molecule has 3 heterocycles. The summed E-state index contributed by atoms with van der Waals surface area (Å²) in [5.41, 5.74) is 4.41. The third kappa shape index (κ3) is 2.98. The fraction of sp³-hybridized carbons (Fsp3) is 0.200. The molecule has 1 unspecified atom stereocenters. The minimum atomic E-state index is -0.0633. The van der Waals surface area contributed by atoms with Gasteiger partial charge in [-0.15, -0.1) is 5.10 Å². The normalized spacial score (nSPS) is 16.1. The molecule has 7 nitrogen and oxygen atoms in total. The Hall–Kier alpha value is -3.03. The Morgan fingerprint density at radius 2 is 1.93 bits per heavy atom. The van der Waals surface area contributed by atoms with Gasteiger partial charge in [0, 0.05) is 0 Å². The Kier molecular flexibility index (Phi) is 4.18. The molecule has 1 atom stereocenters. The van der Waals surface area contributed by atoms with Crippen molar-refractivity contribution in [2.24, 2.45) is 0 Å². The van der Waals surface area contributed by atoms with Crippen LogP contribution in [0.3, 0.4) is 0 Å². The van der Waals surface area contributed by atoms with Crippen LogP contribution in [0.5, 0.6) is 0 Å². The summed E-state index contributed by atoms with van der Waals surface area (Å²) in [7, 11) is 0. The standard InChI is InChI=1S/C20H16ClN5O2/c1-12-6-8-13(9-7-12)17-10-26-16(11-27-17)18(23-25-26)19-22-20(28-24-19)14-4-2-3-5-15(14)21/h2-9,17H,10-11H2,1H3. The average molecular weight is 394 g/mol. The lowest BCUT2D eigenvalue weighted by Gasteiger charge is -2.24. The Bertz CT molecular complexity index is 1140. The first-order chi connectivity index (χ1) is 13.7. The molecule has 1 aliphatic heterocycles. The van der Waals surface area contributed by atoms with Crippen molar-refractivity contribution in [3.05, 3.63) is 70.4 Å². The molecule has 2 aromatic carbocycles. The molecule has 0 radical (unpaired) electrons. The van der Waals surface area contributed by atoms with E-state index in [1.807, 2.05) is 22.9 Å². The van der Waals surface area contributed by atoms with Gasteiger partial charge in [-0.05, 0) is 24.6 Å². The van der Waals surface area contributed by atoms with Gasteiger partial charge in [-0.1, -0.05) is 63.9 Å². The molecule has 2 aromatic heterocycles. The van der Waals surface area contributed by atoms with Gasteiger partial charge in [-0.2, -0.15) is 4.98 Å². The highest BCUT2D eigenvalue weighted by Crippen LogP contribution is 2.32. The summed E-state index contributed by atoms with van der Waals surface area (Å²) in [6.07, 6.45) is -0.0633. The van der Waals surface area contributed by atoms with E-state index in [2.05, 4.69) is 51.6 Å². The largest absolute Gasteiger partial charge is 0.365 e. The number of halogens is 1. The predicted molar refractivity (Wildman–Crippen MR) is 102 cm³/mol. The van der Waals surface area contributed by atoms with Crippen LogP contribution in [0, 0.1) is 6.92 Å². The number of nitrogens with zero attached hydrogens (tertiary/aromatic N) is 5. The van der Waals surface area contributed by atoms with Crippen molar-refractivity contribution >= 4 is 11.6 Å². The Balaban J connectivity index is 1.43. The van der Waals surface area contributed by atoms with E-state index < -0.39 is 0 Å². The maximum atomic E-state index is 6.21. The summed E-state index contributed by atoms with van der Waals surface area (Å²) in [4.78, 5) is 4.45. The van der Waals surface area contributed by atoms with Crippen molar-refractivity contribution < 1.29 is 9.26 Å². The summed E-state index contributed by atoms with van der Waals surface area (Å²) in [5.74, 6) is 0.713. The summed E-state index contributed by atoms with van der Waals surface area (Å²) in [6.45, 7) is 3.02. The molecule has 0 saturated carbocycles. The SMILES string of the molecule is Cc1ccc(C2Cn3nnc(-c4noc(-c5ccccc5Cl)n4)c3CO2)cc1. The van der Waals surface area contributed by atoms with E-state index in [0.29, 0.717) is 41.1 Å². The second kappa shape index (κ2) is 6.85. The number of benzene rings is 2. The quantitative estimate of drug-likeness (QED) is 0.518. The number of aryl methyl sites for hydroxylation is 1. The van der Waals surface area contributed by atoms with E-state index in [1.54, 1.807) is 6.07 Å². The van der Waals surface area contributed by atoms with Crippen LogP contribution in [-0.4, -0.2) is 25.1 Å². The zero-order valence-corrected chi connectivity index (χ0v) is 15.8. The zero-order valence-electron chi connectivity index (χ0n) is 15.0. The Morgan fingerprint density at radius 3 is 2.75 bits per heavy atom. The lowest BCUT2D eigenvalue weighted by molar-refractivity contribution is -0.00112. The lowest BCUT2D eigenvalue weighted by atomic mass is 10.1. The molecule has 0 saturated heterocycles. The minimum absolute atomic E-state index is 0.0633.